The summed E-state index contributed by atoms with van der Waals surface area (Å²) in [4.78, 5) is 25.7. The zero-order valence-corrected chi connectivity index (χ0v) is 23.9. The van der Waals surface area contributed by atoms with Crippen LogP contribution >= 0.6 is 0 Å². The second-order valence-corrected chi connectivity index (χ2v) is 17.0. The quantitative estimate of drug-likeness (QED) is 0.305. The van der Waals surface area contributed by atoms with Crippen LogP contribution in [0.3, 0.4) is 0 Å². The molecule has 7 heteroatoms. The van der Waals surface area contributed by atoms with E-state index in [0.717, 1.165) is 12.8 Å². The Morgan fingerprint density at radius 3 is 2.11 bits per heavy atom. The van der Waals surface area contributed by atoms with Crippen molar-refractivity contribution < 1.29 is 28.2 Å². The van der Waals surface area contributed by atoms with Crippen LogP contribution in [-0.4, -0.2) is 45.9 Å². The standard InChI is InChI=1S/C30H40O6Si/c1-29(2,3)37(5,6)36-24-17-18-30(4,20-34-26(31)21-13-9-7-10-14-21)25-23(24)19-33-28(25)35-27(32)22-15-11-8-12-16-22/h7-16,23-25,28H,17-20H2,1-6H3/t23-,24+,25+,28?,30+/m1/s1. The minimum Gasteiger partial charge on any atom is -0.462 e. The molecule has 200 valence electrons. The van der Waals surface area contributed by atoms with Gasteiger partial charge in [0.05, 0.1) is 30.4 Å². The molecular formula is C30H40O6Si. The maximum atomic E-state index is 13.0. The van der Waals surface area contributed by atoms with Gasteiger partial charge in [-0.2, -0.15) is 0 Å². The van der Waals surface area contributed by atoms with Crippen molar-refractivity contribution in [3.05, 3.63) is 71.8 Å². The lowest BCUT2D eigenvalue weighted by Crippen LogP contribution is -2.53. The van der Waals surface area contributed by atoms with Gasteiger partial charge in [-0.1, -0.05) is 64.1 Å². The summed E-state index contributed by atoms with van der Waals surface area (Å²) in [6, 6.07) is 18.0. The van der Waals surface area contributed by atoms with Crippen LogP contribution in [0.1, 0.15) is 61.3 Å². The first-order valence-electron chi connectivity index (χ1n) is 13.2. The summed E-state index contributed by atoms with van der Waals surface area (Å²) in [6.45, 7) is 14.0. The monoisotopic (exact) mass is 524 g/mol. The number of carbonyl (C=O) groups excluding carboxylic acids is 2. The second-order valence-electron chi connectivity index (χ2n) is 12.2. The van der Waals surface area contributed by atoms with E-state index in [1.54, 1.807) is 24.3 Å². The van der Waals surface area contributed by atoms with Crippen molar-refractivity contribution in [2.45, 2.75) is 71.1 Å². The lowest BCUT2D eigenvalue weighted by atomic mass is 9.62. The van der Waals surface area contributed by atoms with E-state index in [9.17, 15) is 9.59 Å². The number of esters is 2. The molecule has 0 amide bonds. The molecule has 1 aliphatic carbocycles. The Hall–Kier alpha value is -2.48. The van der Waals surface area contributed by atoms with Crippen LogP contribution in [0.15, 0.2) is 60.7 Å². The van der Waals surface area contributed by atoms with E-state index in [1.807, 2.05) is 36.4 Å². The second kappa shape index (κ2) is 10.7. The van der Waals surface area contributed by atoms with Crippen molar-refractivity contribution in [3.63, 3.8) is 0 Å². The molecule has 2 aliphatic rings. The Bertz CT molecular complexity index is 1080. The van der Waals surface area contributed by atoms with Gasteiger partial charge in [0, 0.05) is 17.3 Å². The maximum Gasteiger partial charge on any atom is 0.340 e. The summed E-state index contributed by atoms with van der Waals surface area (Å²) < 4.78 is 24.8. The van der Waals surface area contributed by atoms with E-state index in [2.05, 4.69) is 40.8 Å². The molecule has 1 saturated carbocycles. The number of carbonyl (C=O) groups is 2. The lowest BCUT2D eigenvalue weighted by Gasteiger charge is -2.49. The van der Waals surface area contributed by atoms with Crippen LogP contribution in [-0.2, 0) is 18.6 Å². The highest BCUT2D eigenvalue weighted by molar-refractivity contribution is 6.74. The predicted molar refractivity (Wildman–Crippen MR) is 145 cm³/mol. The summed E-state index contributed by atoms with van der Waals surface area (Å²) in [5, 5.41) is 0.0765. The molecular weight excluding hydrogens is 484 g/mol. The Morgan fingerprint density at radius 2 is 1.54 bits per heavy atom. The Labute approximate surface area is 221 Å². The third kappa shape index (κ3) is 6.00. The molecule has 1 unspecified atom stereocenters. The van der Waals surface area contributed by atoms with Gasteiger partial charge in [0.25, 0.3) is 0 Å². The normalized spacial score (nSPS) is 27.8. The molecule has 2 aromatic rings. The molecule has 4 rings (SSSR count). The molecule has 1 aliphatic heterocycles. The van der Waals surface area contributed by atoms with Crippen molar-refractivity contribution in [2.24, 2.45) is 17.3 Å². The molecule has 6 nitrogen and oxygen atoms in total. The number of rotatable bonds is 7. The number of fused-ring (bicyclic) bond motifs is 1. The number of hydrogen-bond donors (Lipinski definition) is 0. The fourth-order valence-corrected chi connectivity index (χ4v) is 6.67. The van der Waals surface area contributed by atoms with Gasteiger partial charge in [-0.05, 0) is 55.2 Å². The molecule has 2 aromatic carbocycles. The topological polar surface area (TPSA) is 71.1 Å². The van der Waals surface area contributed by atoms with Gasteiger partial charge in [0.2, 0.25) is 6.29 Å². The highest BCUT2D eigenvalue weighted by atomic mass is 28.4. The molecule has 1 heterocycles. The third-order valence-electron chi connectivity index (χ3n) is 8.52. The molecule has 5 atom stereocenters. The van der Waals surface area contributed by atoms with E-state index in [1.165, 1.54) is 0 Å². The highest BCUT2D eigenvalue weighted by Crippen LogP contribution is 2.53. The average molecular weight is 525 g/mol. The van der Waals surface area contributed by atoms with Crippen LogP contribution in [0, 0.1) is 17.3 Å². The van der Waals surface area contributed by atoms with E-state index in [-0.39, 0.29) is 35.6 Å². The summed E-state index contributed by atoms with van der Waals surface area (Å²) >= 11 is 0. The molecule has 37 heavy (non-hydrogen) atoms. The fourth-order valence-electron chi connectivity index (χ4n) is 5.26. The molecule has 0 bridgehead atoms. The number of benzene rings is 2. The van der Waals surface area contributed by atoms with Crippen LogP contribution in [0.2, 0.25) is 18.1 Å². The number of ether oxygens (including phenoxy) is 3. The van der Waals surface area contributed by atoms with E-state index < -0.39 is 26.0 Å². The Morgan fingerprint density at radius 1 is 0.973 bits per heavy atom. The third-order valence-corrected chi connectivity index (χ3v) is 13.0. The summed E-state index contributed by atoms with van der Waals surface area (Å²) in [5.74, 6) is -0.888. The number of hydrogen-bond acceptors (Lipinski definition) is 6. The van der Waals surface area contributed by atoms with Gasteiger partial charge in [-0.15, -0.1) is 0 Å². The smallest absolute Gasteiger partial charge is 0.340 e. The summed E-state index contributed by atoms with van der Waals surface area (Å²) in [5.41, 5.74) is 0.574. The van der Waals surface area contributed by atoms with Crippen molar-refractivity contribution in [3.8, 4) is 0 Å². The average Bonchev–Trinajstić information content (AvgIpc) is 3.30. The highest BCUT2D eigenvalue weighted by Gasteiger charge is 2.57. The molecule has 0 spiro atoms. The van der Waals surface area contributed by atoms with Crippen LogP contribution in [0.4, 0.5) is 0 Å². The SMILES string of the molecule is CC(C)(C)[Si](C)(C)O[C@H]1CC[C@@](C)(COC(=O)c2ccccc2)[C@@H]2C(OC(=O)c3ccccc3)OC[C@H]12. The zero-order chi connectivity index (χ0) is 26.8. The van der Waals surface area contributed by atoms with Gasteiger partial charge in [-0.25, -0.2) is 9.59 Å². The van der Waals surface area contributed by atoms with Crippen molar-refractivity contribution in [1.82, 2.24) is 0 Å². The van der Waals surface area contributed by atoms with Crippen molar-refractivity contribution in [1.29, 1.82) is 0 Å². The van der Waals surface area contributed by atoms with Gasteiger partial charge < -0.3 is 18.6 Å². The van der Waals surface area contributed by atoms with Gasteiger partial charge in [-0.3, -0.25) is 0 Å². The molecule has 1 saturated heterocycles. The predicted octanol–water partition coefficient (Wildman–Crippen LogP) is 6.48. The lowest BCUT2D eigenvalue weighted by molar-refractivity contribution is -0.138. The van der Waals surface area contributed by atoms with Crippen LogP contribution in [0.5, 0.6) is 0 Å². The maximum absolute atomic E-state index is 13.0. The van der Waals surface area contributed by atoms with Crippen LogP contribution in [0.25, 0.3) is 0 Å². The molecule has 0 N–H and O–H groups in total. The fraction of sp³-hybridized carbons (Fsp3) is 0.533. The minimum atomic E-state index is -2.03. The van der Waals surface area contributed by atoms with Crippen LogP contribution < -0.4 is 0 Å². The van der Waals surface area contributed by atoms with Crippen molar-refractivity contribution >= 4 is 20.3 Å². The van der Waals surface area contributed by atoms with Gasteiger partial charge in [0.1, 0.15) is 0 Å². The van der Waals surface area contributed by atoms with E-state index >= 15 is 0 Å². The Kier molecular flexibility index (Phi) is 7.98. The first-order chi connectivity index (χ1) is 17.4. The Balaban J connectivity index is 1.56. The summed E-state index contributed by atoms with van der Waals surface area (Å²) in [6.07, 6.45) is 0.891. The first-order valence-corrected chi connectivity index (χ1v) is 16.1. The minimum absolute atomic E-state index is 0.00391. The van der Waals surface area contributed by atoms with Gasteiger partial charge in [0.15, 0.2) is 8.32 Å². The van der Waals surface area contributed by atoms with E-state index in [0.29, 0.717) is 17.7 Å². The largest absolute Gasteiger partial charge is 0.462 e. The van der Waals surface area contributed by atoms with E-state index in [4.69, 9.17) is 18.6 Å². The van der Waals surface area contributed by atoms with Crippen molar-refractivity contribution in [2.75, 3.05) is 13.2 Å². The molecule has 0 aromatic heterocycles. The summed E-state index contributed by atoms with van der Waals surface area (Å²) in [7, 11) is -2.03. The first kappa shape index (κ1) is 27.5. The molecule has 2 fully saturated rings. The van der Waals surface area contributed by atoms with Gasteiger partial charge >= 0.3 is 11.9 Å². The molecule has 0 radical (unpaired) electrons. The zero-order valence-electron chi connectivity index (χ0n) is 22.9.